The molecule has 1 saturated carbocycles. The lowest BCUT2D eigenvalue weighted by atomic mass is 9.73. The van der Waals surface area contributed by atoms with Crippen LogP contribution in [0.15, 0.2) is 0 Å². The van der Waals surface area contributed by atoms with Crippen molar-refractivity contribution in [3.63, 3.8) is 0 Å². The van der Waals surface area contributed by atoms with E-state index in [2.05, 4.69) is 29.8 Å². The lowest BCUT2D eigenvalue weighted by Gasteiger charge is -2.32. The van der Waals surface area contributed by atoms with E-state index >= 15 is 0 Å². The lowest BCUT2D eigenvalue weighted by Crippen LogP contribution is -2.21. The van der Waals surface area contributed by atoms with Gasteiger partial charge in [-0.25, -0.2) is 0 Å². The van der Waals surface area contributed by atoms with Crippen LogP contribution in [0.4, 0.5) is 0 Å². The van der Waals surface area contributed by atoms with E-state index in [1.807, 2.05) is 0 Å². The molecule has 2 radical (unpaired) electrons. The lowest BCUT2D eigenvalue weighted by molar-refractivity contribution is 0.230. The van der Waals surface area contributed by atoms with Crippen molar-refractivity contribution in [3.05, 3.63) is 0 Å². The summed E-state index contributed by atoms with van der Waals surface area (Å²) in [5, 5.41) is 0. The number of halogens is 1. The van der Waals surface area contributed by atoms with Crippen LogP contribution in [0.3, 0.4) is 0 Å². The first-order chi connectivity index (χ1) is 7.67. The van der Waals surface area contributed by atoms with Gasteiger partial charge in [-0.3, -0.25) is 0 Å². The van der Waals surface area contributed by atoms with Crippen LogP contribution >= 0.6 is 15.9 Å². The minimum absolute atomic E-state index is 0.432. The van der Waals surface area contributed by atoms with Gasteiger partial charge in [0, 0.05) is 4.83 Å². The highest BCUT2D eigenvalue weighted by Gasteiger charge is 2.25. The Balaban J connectivity index is 2.30. The highest BCUT2D eigenvalue weighted by Crippen LogP contribution is 2.37. The summed E-state index contributed by atoms with van der Waals surface area (Å²) in [6, 6.07) is 0. The van der Waals surface area contributed by atoms with Gasteiger partial charge in [0.15, 0.2) is 0 Å². The second-order valence-corrected chi connectivity index (χ2v) is 6.72. The molecule has 92 valence electrons. The fourth-order valence-corrected chi connectivity index (χ4v) is 3.48. The van der Waals surface area contributed by atoms with Crippen molar-refractivity contribution in [1.82, 2.24) is 0 Å². The van der Waals surface area contributed by atoms with Crippen molar-refractivity contribution in [2.45, 2.75) is 75.9 Å². The zero-order chi connectivity index (χ0) is 12.0. The molecule has 16 heavy (non-hydrogen) atoms. The maximum Gasteiger partial charge on any atom is 0.0699 e. The zero-order valence-corrected chi connectivity index (χ0v) is 12.5. The van der Waals surface area contributed by atoms with E-state index in [0.29, 0.717) is 5.82 Å². The maximum atomic E-state index is 6.02. The van der Waals surface area contributed by atoms with Gasteiger partial charge in [-0.15, -0.1) is 0 Å². The molecule has 2 atom stereocenters. The third kappa shape index (κ3) is 4.81. The Morgan fingerprint density at radius 1 is 1.06 bits per heavy atom. The summed E-state index contributed by atoms with van der Waals surface area (Å²) in [6.45, 7) is 4.55. The molecule has 0 heterocycles. The highest BCUT2D eigenvalue weighted by molar-refractivity contribution is 9.09. The second kappa shape index (κ2) is 7.79. The standard InChI is InChI=1S/C14H26BBr/c1-3-11(5-8-13(15)4-2)12-6-9-14(16)10-7-12/h11-14H,3-10H2,1-2H3. The summed E-state index contributed by atoms with van der Waals surface area (Å²) in [6.07, 6.45) is 10.7. The molecule has 1 fully saturated rings. The summed E-state index contributed by atoms with van der Waals surface area (Å²) < 4.78 is 0. The van der Waals surface area contributed by atoms with Gasteiger partial charge in [0.2, 0.25) is 0 Å². The molecule has 0 amide bonds. The molecule has 0 aromatic carbocycles. The summed E-state index contributed by atoms with van der Waals surface area (Å²) in [4.78, 5) is 0.791. The van der Waals surface area contributed by atoms with Crippen molar-refractivity contribution in [1.29, 1.82) is 0 Å². The summed E-state index contributed by atoms with van der Waals surface area (Å²) >= 11 is 3.74. The van der Waals surface area contributed by atoms with E-state index in [1.165, 1.54) is 44.9 Å². The van der Waals surface area contributed by atoms with E-state index in [4.69, 9.17) is 7.85 Å². The molecule has 0 nitrogen and oxygen atoms in total. The maximum absolute atomic E-state index is 6.02. The molecule has 0 aliphatic heterocycles. The molecular formula is C14H26BBr. The van der Waals surface area contributed by atoms with E-state index in [1.54, 1.807) is 0 Å². The van der Waals surface area contributed by atoms with Gasteiger partial charge >= 0.3 is 0 Å². The predicted molar refractivity (Wildman–Crippen MR) is 77.5 cm³/mol. The predicted octanol–water partition coefficient (Wildman–Crippen LogP) is 5.11. The van der Waals surface area contributed by atoms with Crippen LogP contribution in [0.5, 0.6) is 0 Å². The van der Waals surface area contributed by atoms with Gasteiger partial charge in [-0.1, -0.05) is 61.3 Å². The van der Waals surface area contributed by atoms with Crippen molar-refractivity contribution >= 4 is 23.8 Å². The third-order valence-electron chi connectivity index (χ3n) is 4.33. The van der Waals surface area contributed by atoms with Crippen LogP contribution in [0.2, 0.25) is 5.82 Å². The van der Waals surface area contributed by atoms with Crippen LogP contribution < -0.4 is 0 Å². The topological polar surface area (TPSA) is 0 Å². The fraction of sp³-hybridized carbons (Fsp3) is 1.00. The number of hydrogen-bond acceptors (Lipinski definition) is 0. The molecule has 1 rings (SSSR count). The molecule has 2 heteroatoms. The molecule has 0 N–H and O–H groups in total. The molecule has 0 saturated heterocycles. The van der Waals surface area contributed by atoms with Crippen molar-refractivity contribution in [2.75, 3.05) is 0 Å². The number of hydrogen-bond donors (Lipinski definition) is 0. The zero-order valence-electron chi connectivity index (χ0n) is 10.9. The van der Waals surface area contributed by atoms with Gasteiger partial charge in [0.1, 0.15) is 0 Å². The Bertz CT molecular complexity index is 176. The summed E-state index contributed by atoms with van der Waals surface area (Å²) in [5.74, 6) is 2.34. The third-order valence-corrected chi connectivity index (χ3v) is 5.24. The van der Waals surface area contributed by atoms with Gasteiger partial charge < -0.3 is 0 Å². The van der Waals surface area contributed by atoms with E-state index in [-0.39, 0.29) is 0 Å². The van der Waals surface area contributed by atoms with Crippen molar-refractivity contribution < 1.29 is 0 Å². The fourth-order valence-electron chi connectivity index (χ4n) is 2.96. The summed E-state index contributed by atoms with van der Waals surface area (Å²) in [7, 11) is 6.02. The quantitative estimate of drug-likeness (QED) is 0.469. The smallest absolute Gasteiger partial charge is 0.0699 e. The number of alkyl halides is 1. The monoisotopic (exact) mass is 284 g/mol. The minimum Gasteiger partial charge on any atom is -0.0891 e. The Labute approximate surface area is 111 Å². The minimum atomic E-state index is 0.432. The summed E-state index contributed by atoms with van der Waals surface area (Å²) in [5.41, 5.74) is 0. The number of rotatable bonds is 6. The van der Waals surface area contributed by atoms with Crippen molar-refractivity contribution in [3.8, 4) is 0 Å². The van der Waals surface area contributed by atoms with E-state index in [9.17, 15) is 0 Å². The van der Waals surface area contributed by atoms with Crippen LogP contribution in [-0.4, -0.2) is 12.7 Å². The molecule has 0 spiro atoms. The van der Waals surface area contributed by atoms with Crippen LogP contribution in [0, 0.1) is 11.8 Å². The molecule has 2 unspecified atom stereocenters. The molecule has 0 aromatic heterocycles. The Hall–Kier alpha value is 0.545. The van der Waals surface area contributed by atoms with E-state index < -0.39 is 0 Å². The van der Waals surface area contributed by atoms with Crippen LogP contribution in [0.1, 0.15) is 65.2 Å². The molecule has 1 aliphatic rings. The van der Waals surface area contributed by atoms with Crippen LogP contribution in [0.25, 0.3) is 0 Å². The first-order valence-electron chi connectivity index (χ1n) is 7.07. The molecule has 1 aliphatic carbocycles. The second-order valence-electron chi connectivity index (χ2n) is 5.43. The first kappa shape index (κ1) is 14.6. The molecular weight excluding hydrogens is 259 g/mol. The average Bonchev–Trinajstić information content (AvgIpc) is 2.31. The largest absolute Gasteiger partial charge is 0.0891 e. The Kier molecular flexibility index (Phi) is 7.11. The SMILES string of the molecule is [B]C(CC)CCC(CC)C1CCC(Br)CC1. The van der Waals surface area contributed by atoms with Gasteiger partial charge in [0.05, 0.1) is 7.85 Å². The van der Waals surface area contributed by atoms with Gasteiger partial charge in [-0.2, -0.15) is 0 Å². The van der Waals surface area contributed by atoms with E-state index in [0.717, 1.165) is 23.1 Å². The van der Waals surface area contributed by atoms with Gasteiger partial charge in [-0.05, 0) is 37.5 Å². The molecule has 0 bridgehead atoms. The highest BCUT2D eigenvalue weighted by atomic mass is 79.9. The molecule has 0 aromatic rings. The van der Waals surface area contributed by atoms with Crippen molar-refractivity contribution in [2.24, 2.45) is 11.8 Å². The Morgan fingerprint density at radius 3 is 2.19 bits per heavy atom. The Morgan fingerprint density at radius 2 is 1.69 bits per heavy atom. The average molecular weight is 285 g/mol. The normalized spacial score (nSPS) is 29.9. The van der Waals surface area contributed by atoms with Crippen LogP contribution in [-0.2, 0) is 0 Å². The van der Waals surface area contributed by atoms with Gasteiger partial charge in [0.25, 0.3) is 0 Å². The first-order valence-corrected chi connectivity index (χ1v) is 7.98.